The Hall–Kier alpha value is -2.51. The van der Waals surface area contributed by atoms with Gasteiger partial charge in [-0.2, -0.15) is 0 Å². The molecule has 3 aromatic heterocycles. The smallest absolute Gasteiger partial charge is 0.262 e. The van der Waals surface area contributed by atoms with E-state index in [0.717, 1.165) is 33.9 Å². The third-order valence-electron chi connectivity index (χ3n) is 4.97. The first-order valence-corrected chi connectivity index (χ1v) is 10.9. The summed E-state index contributed by atoms with van der Waals surface area (Å²) >= 11 is 3.23. The molecule has 0 unspecified atom stereocenters. The number of nitrogens with zero attached hydrogens (tertiary/aromatic N) is 4. The van der Waals surface area contributed by atoms with Gasteiger partial charge in [0, 0.05) is 16.8 Å². The molecule has 0 saturated carbocycles. The van der Waals surface area contributed by atoms with Crippen LogP contribution >= 0.6 is 23.1 Å². The lowest BCUT2D eigenvalue weighted by molar-refractivity contribution is 0.671. The second-order valence-electron chi connectivity index (χ2n) is 6.83. The van der Waals surface area contributed by atoms with Crippen LogP contribution in [0.1, 0.15) is 22.7 Å². The summed E-state index contributed by atoms with van der Waals surface area (Å²) < 4.78 is 1.68. The van der Waals surface area contributed by atoms with Crippen molar-refractivity contribution in [1.82, 2.24) is 19.5 Å². The van der Waals surface area contributed by atoms with Gasteiger partial charge >= 0.3 is 0 Å². The minimum absolute atomic E-state index is 0.0504. The summed E-state index contributed by atoms with van der Waals surface area (Å²) in [6.07, 6.45) is 5.10. The molecule has 5 rings (SSSR count). The number of hydrogen-bond donors (Lipinski definition) is 0. The molecule has 140 valence electrons. The van der Waals surface area contributed by atoms with Crippen LogP contribution in [0, 0.1) is 6.92 Å². The molecule has 28 heavy (non-hydrogen) atoms. The van der Waals surface area contributed by atoms with Gasteiger partial charge in [-0.3, -0.25) is 9.36 Å². The van der Waals surface area contributed by atoms with Crippen LogP contribution in [0.25, 0.3) is 21.1 Å². The Morgan fingerprint density at radius 3 is 2.96 bits per heavy atom. The highest BCUT2D eigenvalue weighted by Crippen LogP contribution is 2.41. The van der Waals surface area contributed by atoms with Crippen LogP contribution in [0.4, 0.5) is 0 Å². The number of hydrogen-bond acceptors (Lipinski definition) is 6. The van der Waals surface area contributed by atoms with E-state index >= 15 is 0 Å². The van der Waals surface area contributed by atoms with Gasteiger partial charge in [-0.15, -0.1) is 17.9 Å². The summed E-state index contributed by atoms with van der Waals surface area (Å²) in [7, 11) is 0. The van der Waals surface area contributed by atoms with Gasteiger partial charge in [0.25, 0.3) is 5.56 Å². The van der Waals surface area contributed by atoms with Crippen molar-refractivity contribution in [3.8, 4) is 0 Å². The van der Waals surface area contributed by atoms with Crippen LogP contribution in [0.2, 0.25) is 0 Å². The number of allylic oxidation sites excluding steroid dienone is 1. The lowest BCUT2D eigenvalue weighted by atomic mass is 10.2. The summed E-state index contributed by atoms with van der Waals surface area (Å²) in [6, 6.07) is 7.46. The quantitative estimate of drug-likeness (QED) is 0.283. The van der Waals surface area contributed by atoms with E-state index in [1.807, 2.05) is 31.2 Å². The van der Waals surface area contributed by atoms with Gasteiger partial charge < -0.3 is 0 Å². The van der Waals surface area contributed by atoms with E-state index in [4.69, 9.17) is 9.97 Å². The van der Waals surface area contributed by atoms with Crippen LogP contribution < -0.4 is 5.56 Å². The summed E-state index contributed by atoms with van der Waals surface area (Å²) in [5, 5.41) is 3.29. The van der Waals surface area contributed by atoms with Crippen LogP contribution in [0.15, 0.2) is 51.9 Å². The van der Waals surface area contributed by atoms with E-state index in [1.54, 1.807) is 22.0 Å². The van der Waals surface area contributed by atoms with Crippen LogP contribution in [-0.4, -0.2) is 19.5 Å². The minimum Gasteiger partial charge on any atom is -0.283 e. The number of benzene rings is 1. The van der Waals surface area contributed by atoms with Crippen LogP contribution in [0.3, 0.4) is 0 Å². The van der Waals surface area contributed by atoms with Gasteiger partial charge in [-0.05, 0) is 55.6 Å². The molecule has 3 heterocycles. The first kappa shape index (κ1) is 17.6. The van der Waals surface area contributed by atoms with Crippen molar-refractivity contribution in [3.63, 3.8) is 0 Å². The molecule has 0 saturated heterocycles. The van der Waals surface area contributed by atoms with Gasteiger partial charge in [0.05, 0.1) is 10.9 Å². The van der Waals surface area contributed by atoms with Gasteiger partial charge in [-0.25, -0.2) is 15.0 Å². The molecule has 7 heteroatoms. The Labute approximate surface area is 170 Å². The summed E-state index contributed by atoms with van der Waals surface area (Å²) in [6.45, 7) is 6.13. The van der Waals surface area contributed by atoms with Crippen molar-refractivity contribution in [2.24, 2.45) is 0 Å². The molecule has 4 aromatic rings. The van der Waals surface area contributed by atoms with Crippen molar-refractivity contribution in [3.05, 3.63) is 63.5 Å². The number of fused-ring (bicyclic) bond motifs is 4. The normalized spacial score (nSPS) is 13.3. The number of aryl methyl sites for hydroxylation is 3. The number of para-hydroxylation sites is 1. The zero-order valence-corrected chi connectivity index (χ0v) is 17.1. The van der Waals surface area contributed by atoms with Gasteiger partial charge in [-0.1, -0.05) is 18.2 Å². The van der Waals surface area contributed by atoms with E-state index in [9.17, 15) is 4.79 Å². The topological polar surface area (TPSA) is 60.7 Å². The molecular formula is C21H18N4OS2. The largest absolute Gasteiger partial charge is 0.283 e. The Morgan fingerprint density at radius 2 is 2.11 bits per heavy atom. The molecule has 0 bridgehead atoms. The molecule has 1 aliphatic carbocycles. The predicted octanol–water partition coefficient (Wildman–Crippen LogP) is 4.54. The third-order valence-corrected chi connectivity index (χ3v) is 7.14. The molecule has 0 spiro atoms. The predicted molar refractivity (Wildman–Crippen MR) is 115 cm³/mol. The highest BCUT2D eigenvalue weighted by molar-refractivity contribution is 7.99. The molecule has 5 nitrogen and oxygen atoms in total. The monoisotopic (exact) mass is 406 g/mol. The molecule has 1 aliphatic rings. The van der Waals surface area contributed by atoms with Crippen molar-refractivity contribution < 1.29 is 0 Å². The van der Waals surface area contributed by atoms with Crippen molar-refractivity contribution >= 4 is 44.2 Å². The van der Waals surface area contributed by atoms with E-state index in [-0.39, 0.29) is 5.56 Å². The molecular weight excluding hydrogens is 388 g/mol. The SMILES string of the molecule is C=CCn1c(Sc2nc(C)nc3sc4c(c23)CCC4)nc2ccccc2c1=O. The van der Waals surface area contributed by atoms with Crippen molar-refractivity contribution in [2.75, 3.05) is 0 Å². The molecule has 0 atom stereocenters. The Balaban J connectivity index is 1.73. The van der Waals surface area contributed by atoms with Crippen molar-refractivity contribution in [1.29, 1.82) is 0 Å². The maximum atomic E-state index is 13.0. The van der Waals surface area contributed by atoms with E-state index in [0.29, 0.717) is 22.6 Å². The molecule has 0 fully saturated rings. The Bertz CT molecular complexity index is 1310. The Kier molecular flexibility index (Phi) is 4.29. The molecule has 0 radical (unpaired) electrons. The van der Waals surface area contributed by atoms with Gasteiger partial charge in [0.2, 0.25) is 0 Å². The first-order chi connectivity index (χ1) is 13.7. The highest BCUT2D eigenvalue weighted by atomic mass is 32.2. The fourth-order valence-corrected chi connectivity index (χ4v) is 6.20. The van der Waals surface area contributed by atoms with Gasteiger partial charge in [0.15, 0.2) is 5.16 Å². The Morgan fingerprint density at radius 1 is 1.25 bits per heavy atom. The maximum absolute atomic E-state index is 13.0. The molecule has 0 amide bonds. The average molecular weight is 407 g/mol. The molecule has 0 aliphatic heterocycles. The van der Waals surface area contributed by atoms with Crippen molar-refractivity contribution in [2.45, 2.75) is 42.9 Å². The van der Waals surface area contributed by atoms with Crippen LogP contribution in [-0.2, 0) is 19.4 Å². The van der Waals surface area contributed by atoms with Crippen LogP contribution in [0.5, 0.6) is 0 Å². The lowest BCUT2D eigenvalue weighted by Gasteiger charge is -2.12. The lowest BCUT2D eigenvalue weighted by Crippen LogP contribution is -2.22. The summed E-state index contributed by atoms with van der Waals surface area (Å²) in [5.74, 6) is 0.744. The highest BCUT2D eigenvalue weighted by Gasteiger charge is 2.23. The fraction of sp³-hybridized carbons (Fsp3) is 0.238. The number of rotatable bonds is 4. The average Bonchev–Trinajstić information content (AvgIpc) is 3.25. The van der Waals surface area contributed by atoms with Gasteiger partial charge in [0.1, 0.15) is 15.7 Å². The summed E-state index contributed by atoms with van der Waals surface area (Å²) in [5.41, 5.74) is 2.03. The maximum Gasteiger partial charge on any atom is 0.262 e. The standard InChI is InChI=1S/C21H18N4OS2/c1-3-11-25-20(26)13-7-4-5-9-15(13)24-21(25)28-19-17-14-8-6-10-16(14)27-18(17)22-12(2)23-19/h3-5,7,9H,1,6,8,10-11H2,2H3. The second-order valence-corrected chi connectivity index (χ2v) is 8.87. The summed E-state index contributed by atoms with van der Waals surface area (Å²) in [4.78, 5) is 29.7. The molecule has 1 aromatic carbocycles. The van der Waals surface area contributed by atoms with E-state index in [1.165, 1.54) is 28.6 Å². The number of aromatic nitrogens is 4. The zero-order valence-electron chi connectivity index (χ0n) is 15.4. The van der Waals surface area contributed by atoms with E-state index < -0.39 is 0 Å². The van der Waals surface area contributed by atoms with E-state index in [2.05, 4.69) is 11.6 Å². The zero-order chi connectivity index (χ0) is 19.3. The number of thiophene rings is 1. The fourth-order valence-electron chi connectivity index (χ4n) is 3.74. The first-order valence-electron chi connectivity index (χ1n) is 9.23. The third kappa shape index (κ3) is 2.77. The molecule has 0 N–H and O–H groups in total. The minimum atomic E-state index is -0.0504. The second kappa shape index (κ2) is 6.83.